The first kappa shape index (κ1) is 39.4. The van der Waals surface area contributed by atoms with Crippen LogP contribution >= 0.6 is 0 Å². The summed E-state index contributed by atoms with van der Waals surface area (Å²) in [6, 6.07) is -3.32. The summed E-state index contributed by atoms with van der Waals surface area (Å²) in [4.78, 5) is 12.5. The molecule has 2 heterocycles. The summed E-state index contributed by atoms with van der Waals surface area (Å²) in [5.41, 5.74) is 30.5. The highest BCUT2D eigenvalue weighted by Crippen LogP contribution is 2.31. The predicted molar refractivity (Wildman–Crippen MR) is 171 cm³/mol. The molecule has 0 aromatic heterocycles. The molecule has 0 radical (unpaired) electrons. The van der Waals surface area contributed by atoms with Crippen LogP contribution in [0.4, 0.5) is 0 Å². The van der Waals surface area contributed by atoms with Crippen LogP contribution in [0, 0.1) is 0 Å². The van der Waals surface area contributed by atoms with Gasteiger partial charge in [-0.3, -0.25) is 4.79 Å². The quantitative estimate of drug-likeness (QED) is 0.0721. The molecule has 1 saturated carbocycles. The van der Waals surface area contributed by atoms with Gasteiger partial charge in [0.25, 0.3) is 0 Å². The average molecular weight is 663 g/mol. The van der Waals surface area contributed by atoms with Crippen LogP contribution in [0.5, 0.6) is 0 Å². The first-order valence-corrected chi connectivity index (χ1v) is 17.3. The molecule has 270 valence electrons. The molecule has 3 aliphatic rings. The number of aliphatic hydroxyl groups is 4. The Morgan fingerprint density at radius 2 is 1.26 bits per heavy atom. The average Bonchev–Trinajstić information content (AvgIpc) is 3.02. The number of nitrogens with one attached hydrogen (secondary N) is 1. The fourth-order valence-electron chi connectivity index (χ4n) is 6.52. The molecule has 0 unspecified atom stereocenters. The van der Waals surface area contributed by atoms with E-state index in [-0.39, 0.29) is 31.8 Å². The molecule has 0 aromatic rings. The van der Waals surface area contributed by atoms with E-state index >= 15 is 0 Å². The maximum absolute atomic E-state index is 12.5. The van der Waals surface area contributed by atoms with Gasteiger partial charge in [0.05, 0.1) is 30.4 Å². The van der Waals surface area contributed by atoms with Gasteiger partial charge in [-0.2, -0.15) is 0 Å². The third-order valence-corrected chi connectivity index (χ3v) is 9.49. The number of amides is 1. The van der Waals surface area contributed by atoms with E-state index in [1.54, 1.807) is 0 Å². The molecule has 14 atom stereocenters. The van der Waals surface area contributed by atoms with Crippen molar-refractivity contribution in [2.45, 2.75) is 176 Å². The van der Waals surface area contributed by atoms with Crippen LogP contribution in [-0.4, -0.2) is 125 Å². The number of hydrogen-bond donors (Lipinski definition) is 10. The Morgan fingerprint density at radius 1 is 0.717 bits per heavy atom. The molecule has 1 aliphatic carbocycles. The molecule has 2 saturated heterocycles. The number of ether oxygens (including phenoxy) is 4. The van der Waals surface area contributed by atoms with E-state index in [1.165, 1.54) is 44.9 Å². The standard InChI is InChI=1S/C31H62N6O9/c1-2-3-4-5-6-7-8-9-10-11-12-23(39)37-16-22-25(40)24(36)26(41)31(44-22)46-29-18(34)13-17(33)28(27(29)42)45-30-19(35)14-20(38)21(15-32)43-30/h17-22,24-31,38,40-42H,2-16,32-36H2,1H3,(H,37,39)/t17-,18+,19+,20-,21+,22+,24-,25+,26+,27-,28+,29-,30+,31+/m0/s1. The lowest BCUT2D eigenvalue weighted by Gasteiger charge is -2.48. The SMILES string of the molecule is CCCCCCCCCCCCC(=O)NC[C@H]1O[C@H](O[C@@H]2[C@@H](O)[C@H](O[C@H]3O[C@H](CN)[C@@H](O)C[C@H]3N)[C@@H](N)C[C@H]2N)[C@H](O)[C@@H](N)[C@@H]1O. The number of carbonyl (C=O) groups excluding carboxylic acids is 1. The first-order valence-electron chi connectivity index (χ1n) is 17.3. The summed E-state index contributed by atoms with van der Waals surface area (Å²) in [6.07, 6.45) is 1.30. The molecule has 15 nitrogen and oxygen atoms in total. The van der Waals surface area contributed by atoms with E-state index in [1.807, 2.05) is 0 Å². The Hall–Kier alpha value is -1.05. The maximum atomic E-state index is 12.5. The number of unbranched alkanes of at least 4 members (excludes halogenated alkanes) is 9. The van der Waals surface area contributed by atoms with E-state index in [0.717, 1.165) is 19.3 Å². The Labute approximate surface area is 273 Å². The van der Waals surface area contributed by atoms with Crippen LogP contribution in [-0.2, 0) is 23.7 Å². The summed E-state index contributed by atoms with van der Waals surface area (Å²) in [7, 11) is 0. The Kier molecular flexibility index (Phi) is 17.0. The van der Waals surface area contributed by atoms with Crippen molar-refractivity contribution >= 4 is 5.91 Å². The van der Waals surface area contributed by atoms with Crippen LogP contribution in [0.2, 0.25) is 0 Å². The molecule has 3 fully saturated rings. The van der Waals surface area contributed by atoms with Crippen LogP contribution < -0.4 is 34.0 Å². The van der Waals surface area contributed by atoms with Crippen LogP contribution in [0.3, 0.4) is 0 Å². The monoisotopic (exact) mass is 662 g/mol. The lowest BCUT2D eigenvalue weighted by Crippen LogP contribution is -2.68. The van der Waals surface area contributed by atoms with Gasteiger partial charge in [-0.15, -0.1) is 0 Å². The van der Waals surface area contributed by atoms with Crippen molar-refractivity contribution in [1.82, 2.24) is 5.32 Å². The molecule has 46 heavy (non-hydrogen) atoms. The normalized spacial score (nSPS) is 40.1. The van der Waals surface area contributed by atoms with Crippen LogP contribution in [0.25, 0.3) is 0 Å². The highest BCUT2D eigenvalue weighted by molar-refractivity contribution is 5.75. The molecular formula is C31H62N6O9. The van der Waals surface area contributed by atoms with Crippen molar-refractivity contribution in [2.75, 3.05) is 13.1 Å². The van der Waals surface area contributed by atoms with Crippen molar-refractivity contribution in [3.63, 3.8) is 0 Å². The zero-order chi connectivity index (χ0) is 33.8. The molecule has 15 heteroatoms. The molecule has 0 aromatic carbocycles. The van der Waals surface area contributed by atoms with Gasteiger partial charge in [-0.1, -0.05) is 64.7 Å². The second-order valence-corrected chi connectivity index (χ2v) is 13.3. The minimum absolute atomic E-state index is 0.0427. The number of hydrogen-bond acceptors (Lipinski definition) is 14. The van der Waals surface area contributed by atoms with E-state index in [0.29, 0.717) is 6.42 Å². The van der Waals surface area contributed by atoms with Gasteiger partial charge in [-0.05, 0) is 19.3 Å². The zero-order valence-electron chi connectivity index (χ0n) is 27.4. The molecule has 2 aliphatic heterocycles. The topological polar surface area (TPSA) is 277 Å². The van der Waals surface area contributed by atoms with E-state index < -0.39 is 85.6 Å². The highest BCUT2D eigenvalue weighted by Gasteiger charge is 2.50. The molecule has 1 amide bonds. The molecule has 15 N–H and O–H groups in total. The van der Waals surface area contributed by atoms with Crippen molar-refractivity contribution < 1.29 is 44.2 Å². The lowest BCUT2D eigenvalue weighted by molar-refractivity contribution is -0.311. The molecule has 0 spiro atoms. The van der Waals surface area contributed by atoms with Crippen molar-refractivity contribution in [2.24, 2.45) is 28.7 Å². The number of aliphatic hydroxyl groups excluding tert-OH is 4. The summed E-state index contributed by atoms with van der Waals surface area (Å²) in [5.74, 6) is -0.168. The minimum Gasteiger partial charge on any atom is -0.390 e. The van der Waals surface area contributed by atoms with Crippen molar-refractivity contribution in [3.05, 3.63) is 0 Å². The number of nitrogens with two attached hydrogens (primary N) is 5. The van der Waals surface area contributed by atoms with E-state index in [4.69, 9.17) is 47.6 Å². The summed E-state index contributed by atoms with van der Waals surface area (Å²) >= 11 is 0. The smallest absolute Gasteiger partial charge is 0.220 e. The Balaban J connectivity index is 1.48. The second kappa shape index (κ2) is 19.8. The number of rotatable bonds is 18. The zero-order valence-corrected chi connectivity index (χ0v) is 27.4. The van der Waals surface area contributed by atoms with Crippen molar-refractivity contribution in [1.29, 1.82) is 0 Å². The minimum atomic E-state index is -1.45. The van der Waals surface area contributed by atoms with Gasteiger partial charge >= 0.3 is 0 Å². The van der Waals surface area contributed by atoms with Crippen molar-refractivity contribution in [3.8, 4) is 0 Å². The van der Waals surface area contributed by atoms with Crippen LogP contribution in [0.1, 0.15) is 90.4 Å². The summed E-state index contributed by atoms with van der Waals surface area (Å²) in [5, 5.41) is 45.7. The molecule has 0 bridgehead atoms. The Morgan fingerprint density at radius 3 is 1.85 bits per heavy atom. The summed E-state index contributed by atoms with van der Waals surface area (Å²) in [6.45, 7) is 2.22. The fourth-order valence-corrected chi connectivity index (χ4v) is 6.52. The largest absolute Gasteiger partial charge is 0.390 e. The van der Waals surface area contributed by atoms with Crippen LogP contribution in [0.15, 0.2) is 0 Å². The third-order valence-electron chi connectivity index (χ3n) is 9.49. The van der Waals surface area contributed by atoms with Gasteiger partial charge in [-0.25, -0.2) is 0 Å². The van der Waals surface area contributed by atoms with Gasteiger partial charge in [0.1, 0.15) is 30.5 Å². The number of carbonyl (C=O) groups is 1. The molecule has 3 rings (SSSR count). The van der Waals surface area contributed by atoms with Gasteiger partial charge in [0.2, 0.25) is 5.91 Å². The second-order valence-electron chi connectivity index (χ2n) is 13.3. The van der Waals surface area contributed by atoms with Gasteiger partial charge in [0.15, 0.2) is 12.6 Å². The third kappa shape index (κ3) is 11.3. The van der Waals surface area contributed by atoms with Gasteiger partial charge in [0, 0.05) is 31.6 Å². The van der Waals surface area contributed by atoms with Gasteiger partial charge < -0.3 is 73.4 Å². The Bertz CT molecular complexity index is 880. The predicted octanol–water partition coefficient (Wildman–Crippen LogP) is -1.86. The highest BCUT2D eigenvalue weighted by atomic mass is 16.7. The maximum Gasteiger partial charge on any atom is 0.220 e. The van der Waals surface area contributed by atoms with E-state index in [2.05, 4.69) is 12.2 Å². The van der Waals surface area contributed by atoms with E-state index in [9.17, 15) is 25.2 Å². The fraction of sp³-hybridized carbons (Fsp3) is 0.968. The lowest BCUT2D eigenvalue weighted by atomic mass is 9.84. The first-order chi connectivity index (χ1) is 22.0. The molecular weight excluding hydrogens is 600 g/mol. The summed E-state index contributed by atoms with van der Waals surface area (Å²) < 4.78 is 23.6.